The molecule has 29 heavy (non-hydrogen) atoms. The first-order valence-corrected chi connectivity index (χ1v) is 9.88. The average molecular weight is 393 g/mol. The summed E-state index contributed by atoms with van der Waals surface area (Å²) in [7, 11) is 1.79. The standard InChI is InChI=1S/C22H23N3O4/c1-23(14-15-7-3-2-4-8-15)19-12-11-16(13-20(19)25(28)29)24-21(26)17-9-5-6-10-18(17)22(24)27/h2-4,7-8,11-13,17-18H,5-6,9-10,14H2,1H3. The molecule has 150 valence electrons. The van der Waals surface area contributed by atoms with E-state index in [1.165, 1.54) is 6.07 Å². The van der Waals surface area contributed by atoms with E-state index in [9.17, 15) is 19.7 Å². The van der Waals surface area contributed by atoms with Gasteiger partial charge in [0.2, 0.25) is 11.8 Å². The largest absolute Gasteiger partial charge is 0.365 e. The van der Waals surface area contributed by atoms with Crippen LogP contribution >= 0.6 is 0 Å². The molecule has 2 aliphatic rings. The lowest BCUT2D eigenvalue weighted by Gasteiger charge is -2.21. The first kappa shape index (κ1) is 19.1. The highest BCUT2D eigenvalue weighted by Crippen LogP contribution is 2.42. The average Bonchev–Trinajstić information content (AvgIpc) is 2.99. The third-order valence-electron chi connectivity index (χ3n) is 5.93. The van der Waals surface area contributed by atoms with Crippen molar-refractivity contribution in [1.82, 2.24) is 0 Å². The van der Waals surface area contributed by atoms with Crippen LogP contribution in [0.1, 0.15) is 31.2 Å². The molecular formula is C22H23N3O4. The molecule has 0 radical (unpaired) electrons. The van der Waals surface area contributed by atoms with Gasteiger partial charge >= 0.3 is 0 Å². The molecule has 2 aromatic carbocycles. The van der Waals surface area contributed by atoms with Crippen LogP contribution in [0.4, 0.5) is 17.1 Å². The molecule has 2 atom stereocenters. The molecule has 0 bridgehead atoms. The van der Waals surface area contributed by atoms with E-state index in [0.717, 1.165) is 23.3 Å². The van der Waals surface area contributed by atoms with Gasteiger partial charge in [0.05, 0.1) is 22.4 Å². The second-order valence-corrected chi connectivity index (χ2v) is 7.78. The minimum Gasteiger partial charge on any atom is -0.365 e. The van der Waals surface area contributed by atoms with Crippen LogP contribution in [0.3, 0.4) is 0 Å². The zero-order valence-corrected chi connectivity index (χ0v) is 16.3. The summed E-state index contributed by atoms with van der Waals surface area (Å²) < 4.78 is 0. The molecule has 1 saturated heterocycles. The van der Waals surface area contributed by atoms with E-state index >= 15 is 0 Å². The Kier molecular flexibility index (Phi) is 5.05. The number of amides is 2. The molecule has 0 spiro atoms. The SMILES string of the molecule is CN(Cc1ccccc1)c1ccc(N2C(=O)C3CCCCC3C2=O)cc1[N+](=O)[O-]. The second-order valence-electron chi connectivity index (χ2n) is 7.78. The van der Waals surface area contributed by atoms with E-state index in [4.69, 9.17) is 0 Å². The summed E-state index contributed by atoms with van der Waals surface area (Å²) >= 11 is 0. The Bertz CT molecular complexity index is 936. The van der Waals surface area contributed by atoms with Gasteiger partial charge < -0.3 is 4.90 Å². The number of anilines is 2. The monoisotopic (exact) mass is 393 g/mol. The molecule has 7 nitrogen and oxygen atoms in total. The van der Waals surface area contributed by atoms with Gasteiger partial charge in [0.25, 0.3) is 5.69 Å². The highest BCUT2D eigenvalue weighted by Gasteiger charge is 2.49. The van der Waals surface area contributed by atoms with Crippen molar-refractivity contribution in [2.24, 2.45) is 11.8 Å². The van der Waals surface area contributed by atoms with Gasteiger partial charge in [-0.15, -0.1) is 0 Å². The molecule has 7 heteroatoms. The van der Waals surface area contributed by atoms with Gasteiger partial charge in [0.15, 0.2) is 0 Å². The Labute approximate surface area is 169 Å². The van der Waals surface area contributed by atoms with Gasteiger partial charge in [-0.25, -0.2) is 4.90 Å². The predicted molar refractivity (Wildman–Crippen MR) is 110 cm³/mol. The summed E-state index contributed by atoms with van der Waals surface area (Å²) in [5.41, 5.74) is 1.65. The summed E-state index contributed by atoms with van der Waals surface area (Å²) in [5.74, 6) is -1.01. The highest BCUT2D eigenvalue weighted by molar-refractivity contribution is 6.22. The van der Waals surface area contributed by atoms with Gasteiger partial charge in [-0.2, -0.15) is 0 Å². The third-order valence-corrected chi connectivity index (χ3v) is 5.93. The summed E-state index contributed by atoms with van der Waals surface area (Å²) in [5, 5.41) is 11.8. The minimum atomic E-state index is -0.460. The predicted octanol–water partition coefficient (Wildman–Crippen LogP) is 3.91. The number of imide groups is 1. The lowest BCUT2D eigenvalue weighted by Crippen LogP contribution is -2.31. The number of nitro groups is 1. The van der Waals surface area contributed by atoms with Crippen LogP contribution in [0.2, 0.25) is 0 Å². The molecule has 2 amide bonds. The smallest absolute Gasteiger partial charge is 0.294 e. The van der Waals surface area contributed by atoms with E-state index in [-0.39, 0.29) is 35.0 Å². The second kappa shape index (κ2) is 7.66. The van der Waals surface area contributed by atoms with Crippen LogP contribution < -0.4 is 9.80 Å². The Morgan fingerprint density at radius 2 is 1.66 bits per heavy atom. The molecule has 4 rings (SSSR count). The van der Waals surface area contributed by atoms with Crippen molar-refractivity contribution in [2.45, 2.75) is 32.2 Å². The van der Waals surface area contributed by atoms with Crippen molar-refractivity contribution in [3.63, 3.8) is 0 Å². The molecule has 0 aromatic heterocycles. The number of hydrogen-bond acceptors (Lipinski definition) is 5. The fourth-order valence-electron chi connectivity index (χ4n) is 4.48. The Balaban J connectivity index is 1.65. The first-order chi connectivity index (χ1) is 14.0. The van der Waals surface area contributed by atoms with E-state index in [2.05, 4.69) is 0 Å². The van der Waals surface area contributed by atoms with Crippen LogP contribution in [0.25, 0.3) is 0 Å². The van der Waals surface area contributed by atoms with E-state index in [0.29, 0.717) is 25.1 Å². The fourth-order valence-corrected chi connectivity index (χ4v) is 4.48. The molecule has 1 heterocycles. The molecule has 2 unspecified atom stereocenters. The number of fused-ring (bicyclic) bond motifs is 1. The number of nitro benzene ring substituents is 1. The van der Waals surface area contributed by atoms with Crippen LogP contribution in [-0.4, -0.2) is 23.8 Å². The molecule has 1 saturated carbocycles. The van der Waals surface area contributed by atoms with Crippen molar-refractivity contribution in [1.29, 1.82) is 0 Å². The van der Waals surface area contributed by atoms with Gasteiger partial charge in [-0.05, 0) is 30.5 Å². The van der Waals surface area contributed by atoms with Crippen LogP contribution in [0.5, 0.6) is 0 Å². The lowest BCUT2D eigenvalue weighted by atomic mass is 9.81. The third kappa shape index (κ3) is 3.48. The van der Waals surface area contributed by atoms with E-state index < -0.39 is 4.92 Å². The van der Waals surface area contributed by atoms with Gasteiger partial charge in [-0.3, -0.25) is 19.7 Å². The minimum absolute atomic E-state index is 0.114. The van der Waals surface area contributed by atoms with Crippen molar-refractivity contribution in [3.8, 4) is 0 Å². The quantitative estimate of drug-likeness (QED) is 0.437. The normalized spacial score (nSPS) is 21.2. The number of carbonyl (C=O) groups excluding carboxylic acids is 2. The molecule has 2 fully saturated rings. The summed E-state index contributed by atoms with van der Waals surface area (Å²) in [6.45, 7) is 0.507. The fraction of sp³-hybridized carbons (Fsp3) is 0.364. The molecule has 1 aliphatic carbocycles. The van der Waals surface area contributed by atoms with Gasteiger partial charge in [0.1, 0.15) is 5.69 Å². The topological polar surface area (TPSA) is 83.8 Å². The Morgan fingerprint density at radius 1 is 1.03 bits per heavy atom. The van der Waals surface area contributed by atoms with Crippen LogP contribution in [0.15, 0.2) is 48.5 Å². The summed E-state index contributed by atoms with van der Waals surface area (Å²) in [4.78, 5) is 39.9. The lowest BCUT2D eigenvalue weighted by molar-refractivity contribution is -0.384. The number of rotatable bonds is 5. The molecule has 0 N–H and O–H groups in total. The van der Waals surface area contributed by atoms with Crippen LogP contribution in [-0.2, 0) is 16.1 Å². The van der Waals surface area contributed by atoms with E-state index in [1.54, 1.807) is 24.1 Å². The summed E-state index contributed by atoms with van der Waals surface area (Å²) in [6.07, 6.45) is 3.31. The molecule has 2 aromatic rings. The Hall–Kier alpha value is -3.22. The summed E-state index contributed by atoms with van der Waals surface area (Å²) in [6, 6.07) is 14.3. The number of nitrogens with zero attached hydrogens (tertiary/aromatic N) is 3. The zero-order valence-electron chi connectivity index (χ0n) is 16.3. The Morgan fingerprint density at radius 3 is 2.24 bits per heavy atom. The van der Waals surface area contributed by atoms with Crippen molar-refractivity contribution in [3.05, 3.63) is 64.2 Å². The van der Waals surface area contributed by atoms with Crippen molar-refractivity contribution >= 4 is 28.9 Å². The maximum absolute atomic E-state index is 12.8. The highest BCUT2D eigenvalue weighted by atomic mass is 16.6. The zero-order chi connectivity index (χ0) is 20.5. The number of carbonyl (C=O) groups is 2. The maximum atomic E-state index is 12.8. The van der Waals surface area contributed by atoms with E-state index in [1.807, 2.05) is 30.3 Å². The number of benzene rings is 2. The maximum Gasteiger partial charge on any atom is 0.294 e. The van der Waals surface area contributed by atoms with Crippen LogP contribution in [0, 0.1) is 22.0 Å². The van der Waals surface area contributed by atoms with Gasteiger partial charge in [0, 0.05) is 19.7 Å². The van der Waals surface area contributed by atoms with Crippen molar-refractivity contribution < 1.29 is 14.5 Å². The van der Waals surface area contributed by atoms with Gasteiger partial charge in [-0.1, -0.05) is 43.2 Å². The molecule has 1 aliphatic heterocycles. The first-order valence-electron chi connectivity index (χ1n) is 9.88. The number of hydrogen-bond donors (Lipinski definition) is 0. The van der Waals surface area contributed by atoms with Crippen molar-refractivity contribution in [2.75, 3.05) is 16.8 Å². The molecular weight excluding hydrogens is 370 g/mol.